The van der Waals surface area contributed by atoms with E-state index in [1.54, 1.807) is 36.3 Å². The highest BCUT2D eigenvalue weighted by Gasteiger charge is 2.41. The zero-order chi connectivity index (χ0) is 25.2. The summed E-state index contributed by atoms with van der Waals surface area (Å²) in [6.45, 7) is 4.95. The number of piperidine rings is 1. The van der Waals surface area contributed by atoms with Gasteiger partial charge in [-0.3, -0.25) is 14.4 Å². The van der Waals surface area contributed by atoms with Crippen molar-refractivity contribution in [1.82, 2.24) is 10.2 Å². The summed E-state index contributed by atoms with van der Waals surface area (Å²) in [6, 6.07) is 14.1. The molecule has 0 aliphatic carbocycles. The van der Waals surface area contributed by atoms with Crippen LogP contribution in [0.25, 0.3) is 0 Å². The van der Waals surface area contributed by atoms with Crippen LogP contribution in [-0.2, 0) is 14.4 Å². The van der Waals surface area contributed by atoms with Gasteiger partial charge in [0.1, 0.15) is 11.5 Å². The number of carbonyl (C=O) groups excluding carboxylic acids is 3. The Balaban J connectivity index is 1.71. The summed E-state index contributed by atoms with van der Waals surface area (Å²) in [5, 5.41) is 5.56. The maximum Gasteiger partial charge on any atom is 0.243 e. The van der Waals surface area contributed by atoms with Crippen LogP contribution in [0.5, 0.6) is 11.5 Å². The molecule has 188 valence electrons. The molecule has 35 heavy (non-hydrogen) atoms. The maximum atomic E-state index is 13.3. The summed E-state index contributed by atoms with van der Waals surface area (Å²) >= 11 is 0. The van der Waals surface area contributed by atoms with Gasteiger partial charge < -0.3 is 25.0 Å². The van der Waals surface area contributed by atoms with Gasteiger partial charge >= 0.3 is 0 Å². The number of para-hydroxylation sites is 1. The first kappa shape index (κ1) is 26.1. The number of amides is 3. The first-order valence-corrected chi connectivity index (χ1v) is 12.2. The zero-order valence-corrected chi connectivity index (χ0v) is 20.7. The van der Waals surface area contributed by atoms with Crippen molar-refractivity contribution in [3.63, 3.8) is 0 Å². The van der Waals surface area contributed by atoms with Crippen molar-refractivity contribution in [3.05, 3.63) is 54.1 Å². The number of nitrogens with zero attached hydrogens (tertiary/aromatic N) is 1. The minimum Gasteiger partial charge on any atom is -0.496 e. The van der Waals surface area contributed by atoms with Crippen molar-refractivity contribution < 1.29 is 23.9 Å². The van der Waals surface area contributed by atoms with Gasteiger partial charge in [-0.15, -0.1) is 0 Å². The summed E-state index contributed by atoms with van der Waals surface area (Å²) < 4.78 is 11.0. The van der Waals surface area contributed by atoms with Crippen LogP contribution in [0.3, 0.4) is 0 Å². The third-order valence-corrected chi connectivity index (χ3v) is 6.13. The molecule has 2 atom stereocenters. The Bertz CT molecular complexity index is 1010. The number of benzene rings is 2. The highest BCUT2D eigenvalue weighted by molar-refractivity contribution is 5.95. The lowest BCUT2D eigenvalue weighted by atomic mass is 9.83. The minimum absolute atomic E-state index is 0.0339. The van der Waals surface area contributed by atoms with Gasteiger partial charge in [-0.1, -0.05) is 31.5 Å². The van der Waals surface area contributed by atoms with Gasteiger partial charge in [0.05, 0.1) is 32.2 Å². The van der Waals surface area contributed by atoms with Crippen molar-refractivity contribution in [2.75, 3.05) is 32.1 Å². The molecule has 0 radical (unpaired) electrons. The molecule has 3 rings (SSSR count). The molecule has 8 nitrogen and oxygen atoms in total. The van der Waals surface area contributed by atoms with Gasteiger partial charge in [-0.25, -0.2) is 0 Å². The van der Waals surface area contributed by atoms with Crippen molar-refractivity contribution in [2.24, 2.45) is 5.92 Å². The molecule has 0 aromatic heterocycles. The van der Waals surface area contributed by atoms with E-state index in [1.165, 1.54) is 0 Å². The fourth-order valence-corrected chi connectivity index (χ4v) is 4.42. The molecule has 1 fully saturated rings. The van der Waals surface area contributed by atoms with E-state index < -0.39 is 12.0 Å². The fraction of sp³-hybridized carbons (Fsp3) is 0.444. The number of hydrogen-bond acceptors (Lipinski definition) is 5. The molecule has 2 unspecified atom stereocenters. The van der Waals surface area contributed by atoms with Gasteiger partial charge in [-0.05, 0) is 50.1 Å². The van der Waals surface area contributed by atoms with Gasteiger partial charge in [-0.2, -0.15) is 0 Å². The highest BCUT2D eigenvalue weighted by Crippen LogP contribution is 2.40. The average Bonchev–Trinajstić information content (AvgIpc) is 2.87. The lowest BCUT2D eigenvalue weighted by molar-refractivity contribution is -0.144. The smallest absolute Gasteiger partial charge is 0.243 e. The molecule has 2 aromatic rings. The molecule has 1 aliphatic rings. The summed E-state index contributed by atoms with van der Waals surface area (Å²) in [6.07, 6.45) is 2.49. The first-order chi connectivity index (χ1) is 17.0. The van der Waals surface area contributed by atoms with E-state index in [0.29, 0.717) is 37.4 Å². The van der Waals surface area contributed by atoms with Crippen LogP contribution < -0.4 is 20.1 Å². The largest absolute Gasteiger partial charge is 0.496 e. The standard InChI is InChI=1S/C27H35N3O5/c1-4-6-17-30-25(32)16-15-22(26(30)21-9-7-8-10-23(21)34-3)27(33)28-18-24(31)29-19-11-13-20(14-12-19)35-5-2/h7-14,22,26H,4-6,15-18H2,1-3H3,(H,28,33)(H,29,31). The molecule has 2 aromatic carbocycles. The van der Waals surface area contributed by atoms with Gasteiger partial charge in [0, 0.05) is 24.2 Å². The second-order valence-electron chi connectivity index (χ2n) is 8.50. The summed E-state index contributed by atoms with van der Waals surface area (Å²) in [5.74, 6) is 0.328. The Morgan fingerprint density at radius 3 is 2.51 bits per heavy atom. The fourth-order valence-electron chi connectivity index (χ4n) is 4.42. The molecule has 0 spiro atoms. The summed E-state index contributed by atoms with van der Waals surface area (Å²) in [5.41, 5.74) is 1.42. The number of rotatable bonds is 11. The van der Waals surface area contributed by atoms with Crippen molar-refractivity contribution >= 4 is 23.4 Å². The second kappa shape index (κ2) is 12.8. The second-order valence-corrected chi connectivity index (χ2v) is 8.50. The van der Waals surface area contributed by atoms with Crippen molar-refractivity contribution in [3.8, 4) is 11.5 Å². The Hall–Kier alpha value is -3.55. The highest BCUT2D eigenvalue weighted by atomic mass is 16.5. The number of anilines is 1. The summed E-state index contributed by atoms with van der Waals surface area (Å²) in [7, 11) is 1.58. The summed E-state index contributed by atoms with van der Waals surface area (Å²) in [4.78, 5) is 40.4. The third kappa shape index (κ3) is 6.74. The number of carbonyl (C=O) groups is 3. The van der Waals surface area contributed by atoms with E-state index >= 15 is 0 Å². The Morgan fingerprint density at radius 1 is 1.09 bits per heavy atom. The molecule has 0 saturated carbocycles. The van der Waals surface area contributed by atoms with Gasteiger partial charge in [0.25, 0.3) is 0 Å². The van der Waals surface area contributed by atoms with E-state index in [1.807, 2.05) is 31.2 Å². The van der Waals surface area contributed by atoms with Crippen LogP contribution in [0.1, 0.15) is 51.1 Å². The minimum atomic E-state index is -0.487. The number of unbranched alkanes of at least 4 members (excludes halogenated alkanes) is 1. The number of nitrogens with one attached hydrogen (secondary N) is 2. The molecule has 8 heteroatoms. The molecule has 1 saturated heterocycles. The van der Waals surface area contributed by atoms with Crippen LogP contribution >= 0.6 is 0 Å². The number of hydrogen-bond donors (Lipinski definition) is 2. The predicted octanol–water partition coefficient (Wildman–Crippen LogP) is 3.93. The van der Waals surface area contributed by atoms with E-state index in [2.05, 4.69) is 17.6 Å². The van der Waals surface area contributed by atoms with Crippen LogP contribution in [-0.4, -0.2) is 49.4 Å². The molecule has 0 bridgehead atoms. The normalized spacial score (nSPS) is 17.6. The van der Waals surface area contributed by atoms with Crippen molar-refractivity contribution in [1.29, 1.82) is 0 Å². The Labute approximate surface area is 207 Å². The van der Waals surface area contributed by atoms with Crippen LogP contribution in [0.15, 0.2) is 48.5 Å². The van der Waals surface area contributed by atoms with E-state index in [9.17, 15) is 14.4 Å². The molecular formula is C27H35N3O5. The van der Waals surface area contributed by atoms with Crippen molar-refractivity contribution in [2.45, 2.75) is 45.6 Å². The maximum absolute atomic E-state index is 13.3. The van der Waals surface area contributed by atoms with E-state index in [-0.39, 0.29) is 24.3 Å². The lowest BCUT2D eigenvalue weighted by Crippen LogP contribution is -2.49. The average molecular weight is 482 g/mol. The van der Waals surface area contributed by atoms with Crippen LogP contribution in [0.4, 0.5) is 5.69 Å². The molecule has 2 N–H and O–H groups in total. The monoisotopic (exact) mass is 481 g/mol. The Kier molecular flexibility index (Phi) is 9.52. The number of methoxy groups -OCH3 is 1. The van der Waals surface area contributed by atoms with Crippen LogP contribution in [0.2, 0.25) is 0 Å². The first-order valence-electron chi connectivity index (χ1n) is 12.2. The predicted molar refractivity (Wildman–Crippen MR) is 134 cm³/mol. The SMILES string of the molecule is CCCCN1C(=O)CCC(C(=O)NCC(=O)Nc2ccc(OCC)cc2)C1c1ccccc1OC. The van der Waals surface area contributed by atoms with Gasteiger partial charge in [0.15, 0.2) is 0 Å². The molecular weight excluding hydrogens is 446 g/mol. The zero-order valence-electron chi connectivity index (χ0n) is 20.7. The quantitative estimate of drug-likeness (QED) is 0.507. The molecule has 3 amide bonds. The topological polar surface area (TPSA) is 97.0 Å². The number of ether oxygens (including phenoxy) is 2. The molecule has 1 aliphatic heterocycles. The van der Waals surface area contributed by atoms with E-state index in [0.717, 1.165) is 24.2 Å². The number of likely N-dealkylation sites (tertiary alicyclic amines) is 1. The molecule has 1 heterocycles. The van der Waals surface area contributed by atoms with E-state index in [4.69, 9.17) is 9.47 Å². The van der Waals surface area contributed by atoms with Crippen LogP contribution in [0, 0.1) is 5.92 Å². The Morgan fingerprint density at radius 2 is 1.83 bits per heavy atom. The van der Waals surface area contributed by atoms with Gasteiger partial charge in [0.2, 0.25) is 17.7 Å². The third-order valence-electron chi connectivity index (χ3n) is 6.13. The lowest BCUT2D eigenvalue weighted by Gasteiger charge is -2.41.